The molecule has 0 aromatic rings. The number of nitrogens with two attached hydrogens (primary N) is 1. The summed E-state index contributed by atoms with van der Waals surface area (Å²) < 4.78 is 11.5. The van der Waals surface area contributed by atoms with Gasteiger partial charge in [-0.25, -0.2) is 0 Å². The topological polar surface area (TPSA) is 44.5 Å². The van der Waals surface area contributed by atoms with Crippen molar-refractivity contribution in [3.8, 4) is 0 Å². The molecule has 1 aliphatic heterocycles. The molecular formula is C16H29NO2. The molecular weight excluding hydrogens is 238 g/mol. The first kappa shape index (κ1) is 13.8. The summed E-state index contributed by atoms with van der Waals surface area (Å²) in [5, 5.41) is 0. The van der Waals surface area contributed by atoms with Crippen LogP contribution in [-0.4, -0.2) is 25.5 Å². The molecule has 1 heterocycles. The highest BCUT2D eigenvalue weighted by molar-refractivity contribution is 5.07. The molecule has 1 unspecified atom stereocenters. The third-order valence-corrected chi connectivity index (χ3v) is 6.06. The standard InChI is InChI=1S/C16H29NO2/c1-16(2)11-9-13(16)12(14(17)10-11)6-8-19-15-5-3-4-7-18-15/h11-15H,3-10,17H2,1-2H3/t11-,12+,13+,14-,15?/m1/s1. The van der Waals surface area contributed by atoms with Crippen LogP contribution >= 0.6 is 0 Å². The summed E-state index contributed by atoms with van der Waals surface area (Å²) in [6, 6.07) is 0.396. The van der Waals surface area contributed by atoms with Crippen molar-refractivity contribution >= 4 is 0 Å². The Labute approximate surface area is 117 Å². The predicted molar refractivity (Wildman–Crippen MR) is 75.6 cm³/mol. The molecule has 0 spiro atoms. The van der Waals surface area contributed by atoms with Crippen LogP contribution in [0.2, 0.25) is 0 Å². The zero-order valence-corrected chi connectivity index (χ0v) is 12.4. The third-order valence-electron chi connectivity index (χ3n) is 6.06. The van der Waals surface area contributed by atoms with Crippen LogP contribution in [0.4, 0.5) is 0 Å². The van der Waals surface area contributed by atoms with Gasteiger partial charge < -0.3 is 15.2 Å². The average Bonchev–Trinajstić information content (AvgIpc) is 2.41. The highest BCUT2D eigenvalue weighted by atomic mass is 16.7. The third kappa shape index (κ3) is 2.57. The predicted octanol–water partition coefficient (Wildman–Crippen LogP) is 2.93. The monoisotopic (exact) mass is 267 g/mol. The summed E-state index contributed by atoms with van der Waals surface area (Å²) in [7, 11) is 0. The molecule has 4 fully saturated rings. The summed E-state index contributed by atoms with van der Waals surface area (Å²) >= 11 is 0. The van der Waals surface area contributed by atoms with Crippen molar-refractivity contribution in [2.75, 3.05) is 13.2 Å². The van der Waals surface area contributed by atoms with Crippen LogP contribution in [0.1, 0.15) is 52.4 Å². The normalized spacial score (nSPS) is 44.7. The summed E-state index contributed by atoms with van der Waals surface area (Å²) in [4.78, 5) is 0. The van der Waals surface area contributed by atoms with Gasteiger partial charge in [0.05, 0.1) is 6.61 Å². The van der Waals surface area contributed by atoms with Gasteiger partial charge in [0, 0.05) is 12.6 Å². The van der Waals surface area contributed by atoms with Crippen LogP contribution in [0.5, 0.6) is 0 Å². The fraction of sp³-hybridized carbons (Fsp3) is 1.00. The van der Waals surface area contributed by atoms with Crippen LogP contribution in [0.15, 0.2) is 0 Å². The van der Waals surface area contributed by atoms with Gasteiger partial charge in [0.2, 0.25) is 0 Å². The van der Waals surface area contributed by atoms with Gasteiger partial charge in [-0.3, -0.25) is 0 Å². The van der Waals surface area contributed by atoms with E-state index in [9.17, 15) is 0 Å². The van der Waals surface area contributed by atoms with E-state index < -0.39 is 0 Å². The molecule has 3 nitrogen and oxygen atoms in total. The van der Waals surface area contributed by atoms with E-state index in [0.717, 1.165) is 37.9 Å². The maximum Gasteiger partial charge on any atom is 0.157 e. The van der Waals surface area contributed by atoms with Gasteiger partial charge >= 0.3 is 0 Å². The average molecular weight is 267 g/mol. The molecule has 0 radical (unpaired) electrons. The van der Waals surface area contributed by atoms with Crippen LogP contribution in [0.3, 0.4) is 0 Å². The Kier molecular flexibility index (Phi) is 3.89. The van der Waals surface area contributed by atoms with E-state index >= 15 is 0 Å². The largest absolute Gasteiger partial charge is 0.353 e. The molecule has 1 saturated heterocycles. The molecule has 3 heteroatoms. The van der Waals surface area contributed by atoms with Crippen molar-refractivity contribution in [3.63, 3.8) is 0 Å². The van der Waals surface area contributed by atoms with Crippen LogP contribution < -0.4 is 5.73 Å². The quantitative estimate of drug-likeness (QED) is 0.851. The van der Waals surface area contributed by atoms with Gasteiger partial charge in [-0.05, 0) is 61.7 Å². The van der Waals surface area contributed by atoms with E-state index in [1.54, 1.807) is 0 Å². The van der Waals surface area contributed by atoms with Crippen molar-refractivity contribution in [1.29, 1.82) is 0 Å². The van der Waals surface area contributed by atoms with Gasteiger partial charge in [-0.15, -0.1) is 0 Å². The van der Waals surface area contributed by atoms with E-state index in [-0.39, 0.29) is 6.29 Å². The number of rotatable bonds is 4. The molecule has 0 aromatic carbocycles. The van der Waals surface area contributed by atoms with E-state index in [1.807, 2.05) is 0 Å². The zero-order valence-electron chi connectivity index (χ0n) is 12.4. The Hall–Kier alpha value is -0.120. The van der Waals surface area contributed by atoms with E-state index in [0.29, 0.717) is 17.4 Å². The minimum atomic E-state index is 0.0516. The smallest absolute Gasteiger partial charge is 0.157 e. The Morgan fingerprint density at radius 1 is 1.26 bits per heavy atom. The van der Waals surface area contributed by atoms with Crippen molar-refractivity contribution in [1.82, 2.24) is 0 Å². The highest BCUT2D eigenvalue weighted by Crippen LogP contribution is 2.61. The Balaban J connectivity index is 1.46. The SMILES string of the molecule is CC1(C)[C@H]2C[C@@H](N)[C@@H](CCOC3CCCCO3)[C@@H]1C2. The molecule has 0 aromatic heterocycles. The first-order valence-electron chi connectivity index (χ1n) is 8.08. The summed E-state index contributed by atoms with van der Waals surface area (Å²) in [6.45, 7) is 6.54. The summed E-state index contributed by atoms with van der Waals surface area (Å²) in [5.41, 5.74) is 6.87. The van der Waals surface area contributed by atoms with Gasteiger partial charge in [0.25, 0.3) is 0 Å². The molecule has 5 atom stereocenters. The molecule has 0 amide bonds. The van der Waals surface area contributed by atoms with Gasteiger partial charge in [-0.1, -0.05) is 13.8 Å². The molecule has 4 aliphatic rings. The van der Waals surface area contributed by atoms with Crippen LogP contribution in [0, 0.1) is 23.2 Å². The molecule has 3 aliphatic carbocycles. The van der Waals surface area contributed by atoms with E-state index in [1.165, 1.54) is 25.7 Å². The Morgan fingerprint density at radius 3 is 2.79 bits per heavy atom. The van der Waals surface area contributed by atoms with E-state index in [2.05, 4.69) is 13.8 Å². The minimum Gasteiger partial charge on any atom is -0.353 e. The molecule has 2 N–H and O–H groups in total. The highest BCUT2D eigenvalue weighted by Gasteiger charge is 2.56. The Morgan fingerprint density at radius 2 is 2.11 bits per heavy atom. The second kappa shape index (κ2) is 5.34. The lowest BCUT2D eigenvalue weighted by molar-refractivity contribution is -0.173. The second-order valence-corrected chi connectivity index (χ2v) is 7.38. The number of fused-ring (bicyclic) bond motifs is 2. The zero-order chi connectivity index (χ0) is 13.5. The molecule has 2 bridgehead atoms. The van der Waals surface area contributed by atoms with Crippen molar-refractivity contribution < 1.29 is 9.47 Å². The summed E-state index contributed by atoms with van der Waals surface area (Å²) in [6.07, 6.45) is 7.26. The van der Waals surface area contributed by atoms with Crippen LogP contribution in [0.25, 0.3) is 0 Å². The number of hydrogen-bond donors (Lipinski definition) is 1. The lowest BCUT2D eigenvalue weighted by Crippen LogP contribution is -2.59. The van der Waals surface area contributed by atoms with Crippen molar-refractivity contribution in [2.24, 2.45) is 28.9 Å². The van der Waals surface area contributed by atoms with E-state index in [4.69, 9.17) is 15.2 Å². The van der Waals surface area contributed by atoms with Crippen molar-refractivity contribution in [3.05, 3.63) is 0 Å². The van der Waals surface area contributed by atoms with Gasteiger partial charge in [0.1, 0.15) is 0 Å². The number of hydrogen-bond acceptors (Lipinski definition) is 3. The second-order valence-electron chi connectivity index (χ2n) is 7.38. The van der Waals surface area contributed by atoms with Gasteiger partial charge in [0.15, 0.2) is 6.29 Å². The lowest BCUT2D eigenvalue weighted by atomic mass is 9.44. The molecule has 19 heavy (non-hydrogen) atoms. The summed E-state index contributed by atoms with van der Waals surface area (Å²) in [5.74, 6) is 2.34. The Bertz CT molecular complexity index is 312. The van der Waals surface area contributed by atoms with Gasteiger partial charge in [-0.2, -0.15) is 0 Å². The van der Waals surface area contributed by atoms with Crippen molar-refractivity contribution in [2.45, 2.75) is 64.7 Å². The minimum absolute atomic E-state index is 0.0516. The molecule has 3 saturated carbocycles. The number of ether oxygens (including phenoxy) is 2. The first-order valence-corrected chi connectivity index (χ1v) is 8.08. The van der Waals surface area contributed by atoms with Crippen LogP contribution in [-0.2, 0) is 9.47 Å². The fourth-order valence-corrected chi connectivity index (χ4v) is 4.58. The molecule has 4 rings (SSSR count). The lowest BCUT2D eigenvalue weighted by Gasteiger charge is -2.62. The maximum absolute atomic E-state index is 6.35. The maximum atomic E-state index is 6.35. The fourth-order valence-electron chi connectivity index (χ4n) is 4.58. The molecule has 110 valence electrons. The first-order chi connectivity index (χ1) is 9.09.